The summed E-state index contributed by atoms with van der Waals surface area (Å²) in [7, 11) is 0. The molecule has 0 aliphatic rings. The first-order valence-electron chi connectivity index (χ1n) is 5.24. The maximum absolute atomic E-state index is 12.3. The van der Waals surface area contributed by atoms with Gasteiger partial charge in [-0.1, -0.05) is 17.7 Å². The van der Waals surface area contributed by atoms with E-state index in [9.17, 15) is 13.2 Å². The van der Waals surface area contributed by atoms with Crippen molar-refractivity contribution in [1.82, 2.24) is 4.98 Å². The summed E-state index contributed by atoms with van der Waals surface area (Å²) in [4.78, 5) is 4.06. The van der Waals surface area contributed by atoms with E-state index in [-0.39, 0.29) is 0 Å². The van der Waals surface area contributed by atoms with Crippen molar-refractivity contribution in [2.24, 2.45) is 5.73 Å². The Kier molecular flexibility index (Phi) is 3.45. The van der Waals surface area contributed by atoms with E-state index < -0.39 is 18.6 Å². The van der Waals surface area contributed by atoms with Crippen molar-refractivity contribution < 1.29 is 13.2 Å². The Balaban J connectivity index is 2.49. The van der Waals surface area contributed by atoms with Crippen LogP contribution >= 0.6 is 11.6 Å². The second-order valence-electron chi connectivity index (χ2n) is 3.96. The number of rotatable bonds is 2. The van der Waals surface area contributed by atoms with Gasteiger partial charge in [0.05, 0.1) is 11.9 Å². The van der Waals surface area contributed by atoms with E-state index in [2.05, 4.69) is 4.98 Å². The molecule has 1 heterocycles. The zero-order chi connectivity index (χ0) is 13.3. The summed E-state index contributed by atoms with van der Waals surface area (Å²) in [5, 5.41) is 1.05. The van der Waals surface area contributed by atoms with Gasteiger partial charge in [-0.05, 0) is 23.8 Å². The molecule has 0 saturated heterocycles. The van der Waals surface area contributed by atoms with E-state index in [0.29, 0.717) is 21.5 Å². The van der Waals surface area contributed by atoms with Crippen molar-refractivity contribution in [3.05, 3.63) is 41.0 Å². The van der Waals surface area contributed by atoms with Gasteiger partial charge in [-0.25, -0.2) is 0 Å². The molecular weight excluding hydrogens is 265 g/mol. The molecule has 2 N–H and O–H groups in total. The van der Waals surface area contributed by atoms with Crippen molar-refractivity contribution in [2.75, 3.05) is 0 Å². The number of nitrogens with zero attached hydrogens (tertiary/aromatic N) is 1. The molecule has 1 unspecified atom stereocenters. The molecule has 0 radical (unpaired) electrons. The molecule has 2 rings (SSSR count). The molecule has 1 aromatic carbocycles. The molecule has 0 aliphatic heterocycles. The maximum Gasteiger partial charge on any atom is 0.390 e. The van der Waals surface area contributed by atoms with Crippen LogP contribution in [-0.2, 0) is 0 Å². The lowest BCUT2D eigenvalue weighted by Gasteiger charge is -2.16. The average Bonchev–Trinajstić information content (AvgIpc) is 2.27. The highest BCUT2D eigenvalue weighted by Gasteiger charge is 2.31. The second-order valence-corrected chi connectivity index (χ2v) is 4.37. The fraction of sp³-hybridized carbons (Fsp3) is 0.250. The summed E-state index contributed by atoms with van der Waals surface area (Å²) in [6.45, 7) is 0. The minimum Gasteiger partial charge on any atom is -0.324 e. The lowest BCUT2D eigenvalue weighted by molar-refractivity contribution is -0.138. The number of nitrogens with two attached hydrogens (primary N) is 1. The maximum atomic E-state index is 12.3. The molecule has 0 saturated carbocycles. The number of hydrogen-bond acceptors (Lipinski definition) is 2. The normalized spacial score (nSPS) is 13.8. The highest BCUT2D eigenvalue weighted by Crippen LogP contribution is 2.33. The van der Waals surface area contributed by atoms with E-state index in [1.54, 1.807) is 12.1 Å². The lowest BCUT2D eigenvalue weighted by atomic mass is 10.0. The van der Waals surface area contributed by atoms with Gasteiger partial charge in [0.2, 0.25) is 0 Å². The molecule has 2 aromatic rings. The molecule has 6 heteroatoms. The highest BCUT2D eigenvalue weighted by atomic mass is 35.5. The summed E-state index contributed by atoms with van der Waals surface area (Å²) >= 11 is 5.96. The molecule has 2 nitrogen and oxygen atoms in total. The summed E-state index contributed by atoms with van der Waals surface area (Å²) < 4.78 is 37.0. The van der Waals surface area contributed by atoms with Gasteiger partial charge in [-0.2, -0.15) is 13.2 Å². The van der Waals surface area contributed by atoms with Gasteiger partial charge in [-0.3, -0.25) is 4.98 Å². The van der Waals surface area contributed by atoms with Crippen molar-refractivity contribution in [3.8, 4) is 0 Å². The fourth-order valence-electron chi connectivity index (χ4n) is 1.82. The summed E-state index contributed by atoms with van der Waals surface area (Å²) in [5.41, 5.74) is 6.37. The van der Waals surface area contributed by atoms with Crippen LogP contribution in [0.4, 0.5) is 13.2 Å². The fourth-order valence-corrected chi connectivity index (χ4v) is 2.03. The number of pyridine rings is 1. The minimum atomic E-state index is -4.31. The Morgan fingerprint density at radius 1 is 1.28 bits per heavy atom. The zero-order valence-corrected chi connectivity index (χ0v) is 9.96. The van der Waals surface area contributed by atoms with Gasteiger partial charge < -0.3 is 5.73 Å². The van der Waals surface area contributed by atoms with E-state index in [0.717, 1.165) is 0 Å². The summed E-state index contributed by atoms with van der Waals surface area (Å²) in [6.07, 6.45) is -3.89. The predicted molar refractivity (Wildman–Crippen MR) is 64.4 cm³/mol. The van der Waals surface area contributed by atoms with Gasteiger partial charge in [0.1, 0.15) is 0 Å². The number of aromatic nitrogens is 1. The van der Waals surface area contributed by atoms with Gasteiger partial charge in [0, 0.05) is 22.6 Å². The van der Waals surface area contributed by atoms with E-state index >= 15 is 0 Å². The third-order valence-corrected chi connectivity index (χ3v) is 2.93. The van der Waals surface area contributed by atoms with E-state index in [4.69, 9.17) is 17.3 Å². The number of fused-ring (bicyclic) bond motifs is 1. The highest BCUT2D eigenvalue weighted by molar-refractivity contribution is 6.35. The first-order valence-corrected chi connectivity index (χ1v) is 5.62. The Labute approximate surface area is 107 Å². The van der Waals surface area contributed by atoms with Gasteiger partial charge in [-0.15, -0.1) is 0 Å². The molecule has 18 heavy (non-hydrogen) atoms. The summed E-state index contributed by atoms with van der Waals surface area (Å²) in [5.74, 6) is 0. The van der Waals surface area contributed by atoms with Crippen molar-refractivity contribution in [3.63, 3.8) is 0 Å². The number of hydrogen-bond donors (Lipinski definition) is 1. The quantitative estimate of drug-likeness (QED) is 0.904. The first-order chi connectivity index (χ1) is 8.38. The van der Waals surface area contributed by atoms with Crippen LogP contribution in [0.1, 0.15) is 18.0 Å². The predicted octanol–water partition coefficient (Wildman–Crippen LogP) is 3.84. The van der Waals surface area contributed by atoms with Gasteiger partial charge in [0.25, 0.3) is 0 Å². The topological polar surface area (TPSA) is 38.9 Å². The molecule has 0 amide bonds. The molecule has 1 atom stereocenters. The van der Waals surface area contributed by atoms with Crippen LogP contribution in [0.5, 0.6) is 0 Å². The third-order valence-electron chi connectivity index (χ3n) is 2.60. The smallest absolute Gasteiger partial charge is 0.324 e. The number of halogens is 4. The van der Waals surface area contributed by atoms with Crippen LogP contribution in [0.15, 0.2) is 30.5 Å². The Morgan fingerprint density at radius 3 is 2.67 bits per heavy atom. The molecular formula is C12H10ClF3N2. The van der Waals surface area contributed by atoms with Crippen molar-refractivity contribution in [2.45, 2.75) is 18.6 Å². The van der Waals surface area contributed by atoms with Crippen LogP contribution in [0, 0.1) is 0 Å². The standard InChI is InChI=1S/C12H10ClF3N2/c13-9-4-3-8(10(17)6-12(14,15)16)11-7(9)2-1-5-18-11/h1-5,10H,6,17H2. The van der Waals surface area contributed by atoms with Crippen LogP contribution in [0.3, 0.4) is 0 Å². The Bertz CT molecular complexity index is 569. The average molecular weight is 275 g/mol. The number of benzene rings is 1. The van der Waals surface area contributed by atoms with E-state index in [1.807, 2.05) is 0 Å². The lowest BCUT2D eigenvalue weighted by Crippen LogP contribution is -2.20. The van der Waals surface area contributed by atoms with Crippen LogP contribution < -0.4 is 5.73 Å². The Morgan fingerprint density at radius 2 is 2.00 bits per heavy atom. The van der Waals surface area contributed by atoms with Gasteiger partial charge in [0.15, 0.2) is 0 Å². The minimum absolute atomic E-state index is 0.354. The molecule has 0 bridgehead atoms. The van der Waals surface area contributed by atoms with Crippen LogP contribution in [0.2, 0.25) is 5.02 Å². The molecule has 1 aromatic heterocycles. The van der Waals surface area contributed by atoms with E-state index in [1.165, 1.54) is 18.3 Å². The number of alkyl halides is 3. The van der Waals surface area contributed by atoms with Crippen LogP contribution in [0.25, 0.3) is 10.9 Å². The van der Waals surface area contributed by atoms with Crippen LogP contribution in [-0.4, -0.2) is 11.2 Å². The molecule has 0 fully saturated rings. The molecule has 96 valence electrons. The van der Waals surface area contributed by atoms with Crippen molar-refractivity contribution in [1.29, 1.82) is 0 Å². The third kappa shape index (κ3) is 2.73. The second kappa shape index (κ2) is 4.74. The molecule has 0 aliphatic carbocycles. The first kappa shape index (κ1) is 13.1. The SMILES string of the molecule is NC(CC(F)(F)F)c1ccc(Cl)c2cccnc12. The van der Waals surface area contributed by atoms with Gasteiger partial charge >= 0.3 is 6.18 Å². The molecule has 0 spiro atoms. The largest absolute Gasteiger partial charge is 0.390 e. The van der Waals surface area contributed by atoms with Crippen molar-refractivity contribution >= 4 is 22.5 Å². The monoisotopic (exact) mass is 274 g/mol. The Hall–Kier alpha value is -1.33. The summed E-state index contributed by atoms with van der Waals surface area (Å²) in [6, 6.07) is 5.27. The zero-order valence-electron chi connectivity index (χ0n) is 9.21.